The number of hydrogen-bond donors (Lipinski definition) is 1. The number of amidine groups is 2. The third-order valence-electron chi connectivity index (χ3n) is 9.81. The van der Waals surface area contributed by atoms with Crippen molar-refractivity contribution in [3.63, 3.8) is 0 Å². The summed E-state index contributed by atoms with van der Waals surface area (Å²) in [7, 11) is 0. The smallest absolute Gasteiger partial charge is 0.156 e. The van der Waals surface area contributed by atoms with Crippen LogP contribution in [0.5, 0.6) is 5.75 Å². The summed E-state index contributed by atoms with van der Waals surface area (Å²) in [5.74, 6) is 1.74. The summed E-state index contributed by atoms with van der Waals surface area (Å²) < 4.78 is 6.70. The third-order valence-corrected chi connectivity index (χ3v) is 9.81. The van der Waals surface area contributed by atoms with Gasteiger partial charge in [-0.1, -0.05) is 104 Å². The molecular formula is C43H43N5O. The maximum absolute atomic E-state index is 10.1. The van der Waals surface area contributed by atoms with Gasteiger partial charge in [-0.15, -0.1) is 0 Å². The predicted molar refractivity (Wildman–Crippen MR) is 198 cm³/mol. The Morgan fingerprint density at radius 3 is 2.57 bits per heavy atom. The van der Waals surface area contributed by atoms with Gasteiger partial charge in [-0.2, -0.15) is 10.5 Å². The van der Waals surface area contributed by atoms with Crippen LogP contribution in [0.25, 0.3) is 0 Å². The molecule has 1 heterocycles. The quantitative estimate of drug-likeness (QED) is 0.205. The van der Waals surface area contributed by atoms with Crippen LogP contribution in [0.4, 0.5) is 0 Å². The Morgan fingerprint density at radius 2 is 1.78 bits per heavy atom. The molecule has 4 atom stereocenters. The van der Waals surface area contributed by atoms with E-state index in [1.165, 1.54) is 5.56 Å². The Hall–Kier alpha value is -5.46. The molecule has 3 aromatic rings. The number of allylic oxidation sites excluding steroid dienone is 5. The van der Waals surface area contributed by atoms with Gasteiger partial charge in [0.25, 0.3) is 0 Å². The van der Waals surface area contributed by atoms with Gasteiger partial charge >= 0.3 is 0 Å². The molecule has 246 valence electrons. The van der Waals surface area contributed by atoms with Crippen molar-refractivity contribution in [2.24, 2.45) is 27.6 Å². The maximum atomic E-state index is 10.1. The predicted octanol–water partition coefficient (Wildman–Crippen LogP) is 8.88. The van der Waals surface area contributed by atoms with Crippen LogP contribution in [0, 0.1) is 34.5 Å². The molecule has 0 aromatic heterocycles. The number of nitriles is 2. The normalized spacial score (nSPS) is 22.6. The molecule has 0 amide bonds. The number of hydrogen-bond acceptors (Lipinski definition) is 4. The first kappa shape index (κ1) is 33.4. The number of benzene rings is 3. The van der Waals surface area contributed by atoms with E-state index in [0.29, 0.717) is 36.8 Å². The molecular weight excluding hydrogens is 603 g/mol. The van der Waals surface area contributed by atoms with Crippen molar-refractivity contribution in [1.82, 2.24) is 0 Å². The zero-order chi connectivity index (χ0) is 34.0. The van der Waals surface area contributed by atoms with Crippen molar-refractivity contribution in [2.45, 2.75) is 57.3 Å². The van der Waals surface area contributed by atoms with Gasteiger partial charge < -0.3 is 10.5 Å². The zero-order valence-electron chi connectivity index (χ0n) is 28.1. The second-order valence-electron chi connectivity index (χ2n) is 13.1. The van der Waals surface area contributed by atoms with E-state index in [4.69, 9.17) is 20.5 Å². The zero-order valence-corrected chi connectivity index (χ0v) is 28.1. The summed E-state index contributed by atoms with van der Waals surface area (Å²) in [5.41, 5.74) is 13.8. The lowest BCUT2D eigenvalue weighted by Gasteiger charge is -2.29. The molecule has 0 saturated heterocycles. The number of nitrogens with two attached hydrogens (primary N) is 1. The molecule has 1 aliphatic heterocycles. The molecule has 2 N–H and O–H groups in total. The van der Waals surface area contributed by atoms with Crippen LogP contribution in [-0.4, -0.2) is 24.8 Å². The third kappa shape index (κ3) is 7.99. The first-order valence-electron chi connectivity index (χ1n) is 17.4. The minimum atomic E-state index is -0.194. The molecule has 0 spiro atoms. The fraction of sp³-hybridized carbons (Fsp3) is 0.302. The second-order valence-corrected chi connectivity index (χ2v) is 13.1. The Bertz CT molecular complexity index is 1920. The highest BCUT2D eigenvalue weighted by Gasteiger charge is 2.32. The van der Waals surface area contributed by atoms with Crippen molar-refractivity contribution < 1.29 is 4.74 Å². The number of ether oxygens (including phenoxy) is 1. The van der Waals surface area contributed by atoms with Crippen LogP contribution in [0.1, 0.15) is 78.7 Å². The maximum Gasteiger partial charge on any atom is 0.156 e. The van der Waals surface area contributed by atoms with E-state index in [9.17, 15) is 10.5 Å². The molecule has 0 fully saturated rings. The average molecular weight is 646 g/mol. The van der Waals surface area contributed by atoms with E-state index < -0.39 is 0 Å². The molecule has 0 bridgehead atoms. The number of nitrogens with zero attached hydrogens (tertiary/aromatic N) is 4. The van der Waals surface area contributed by atoms with Crippen molar-refractivity contribution >= 4 is 11.7 Å². The largest absolute Gasteiger partial charge is 0.493 e. The van der Waals surface area contributed by atoms with Gasteiger partial charge in [0.1, 0.15) is 11.6 Å². The minimum Gasteiger partial charge on any atom is -0.493 e. The van der Waals surface area contributed by atoms with Gasteiger partial charge in [0.05, 0.1) is 30.2 Å². The van der Waals surface area contributed by atoms with Crippen LogP contribution < -0.4 is 10.5 Å². The number of rotatable bonds is 7. The van der Waals surface area contributed by atoms with E-state index in [0.717, 1.165) is 65.7 Å². The first-order valence-corrected chi connectivity index (χ1v) is 17.4. The molecule has 6 heteroatoms. The van der Waals surface area contributed by atoms with Gasteiger partial charge in [-0.05, 0) is 79.2 Å². The number of fused-ring (bicyclic) bond motifs is 1. The molecule has 0 saturated carbocycles. The Morgan fingerprint density at radius 1 is 0.939 bits per heavy atom. The average Bonchev–Trinajstić information content (AvgIpc) is 3.22. The van der Waals surface area contributed by atoms with Gasteiger partial charge in [0.2, 0.25) is 0 Å². The Labute approximate surface area is 290 Å². The summed E-state index contributed by atoms with van der Waals surface area (Å²) in [6.07, 6.45) is 17.6. The SMILES string of the molecule is CC1CC(c2ccccc2C#N)CC(C2=CC=CCC2C#N)COc2cccc(/C(N)=N/C(=N\CCc3ccccc3)C3=CCCC=C3)c21. The van der Waals surface area contributed by atoms with E-state index in [-0.39, 0.29) is 23.7 Å². The fourth-order valence-corrected chi connectivity index (χ4v) is 7.36. The van der Waals surface area contributed by atoms with Crippen molar-refractivity contribution in [2.75, 3.05) is 13.2 Å². The van der Waals surface area contributed by atoms with Crippen LogP contribution in [0.15, 0.2) is 130 Å². The Balaban J connectivity index is 1.39. The first-order chi connectivity index (χ1) is 24.1. The van der Waals surface area contributed by atoms with Gasteiger partial charge in [-0.25, -0.2) is 4.99 Å². The molecule has 2 aliphatic carbocycles. The van der Waals surface area contributed by atoms with Gasteiger partial charge in [0.15, 0.2) is 5.84 Å². The lowest BCUT2D eigenvalue weighted by Crippen LogP contribution is -2.22. The highest BCUT2D eigenvalue weighted by Crippen LogP contribution is 2.44. The summed E-state index contributed by atoms with van der Waals surface area (Å²) in [6, 6.07) is 29.2. The van der Waals surface area contributed by atoms with Crippen molar-refractivity contribution in [3.8, 4) is 17.9 Å². The molecule has 6 nitrogen and oxygen atoms in total. The van der Waals surface area contributed by atoms with Crippen LogP contribution in [0.2, 0.25) is 0 Å². The van der Waals surface area contributed by atoms with Crippen LogP contribution in [0.3, 0.4) is 0 Å². The molecule has 49 heavy (non-hydrogen) atoms. The standard InChI is InChI=1S/C43H43N5O/c1-30-25-35(37-19-10-8-17-33(37)27-44)26-36(38-20-11-9-18-34(38)28-45)29-49-40-22-12-21-39(41(30)40)42(46)48-43(32-15-6-3-7-16-32)47-24-23-31-13-4-2-5-14-31/h2,4-6,8-17,19-22,30,34-36H,3,7,18,23-26,29H2,1H3,(H2,46,47,48). The lowest BCUT2D eigenvalue weighted by molar-refractivity contribution is 0.249. The van der Waals surface area contributed by atoms with Gasteiger partial charge in [0, 0.05) is 29.2 Å². The van der Waals surface area contributed by atoms with E-state index in [2.05, 4.69) is 73.7 Å². The topological polar surface area (TPSA) is 108 Å². The molecule has 4 unspecified atom stereocenters. The van der Waals surface area contributed by atoms with Crippen LogP contribution in [-0.2, 0) is 6.42 Å². The highest BCUT2D eigenvalue weighted by atomic mass is 16.5. The summed E-state index contributed by atoms with van der Waals surface area (Å²) >= 11 is 0. The summed E-state index contributed by atoms with van der Waals surface area (Å²) in [6.45, 7) is 3.24. The summed E-state index contributed by atoms with van der Waals surface area (Å²) in [5, 5.41) is 20.2. The second kappa shape index (κ2) is 16.1. The molecule has 3 aliphatic rings. The fourth-order valence-electron chi connectivity index (χ4n) is 7.36. The van der Waals surface area contributed by atoms with E-state index in [1.54, 1.807) is 0 Å². The van der Waals surface area contributed by atoms with Crippen molar-refractivity contribution in [3.05, 3.63) is 148 Å². The number of aliphatic imine (C=N–C) groups is 2. The minimum absolute atomic E-state index is 0.00699. The molecule has 6 rings (SSSR count). The highest BCUT2D eigenvalue weighted by molar-refractivity contribution is 6.12. The van der Waals surface area contributed by atoms with Crippen LogP contribution >= 0.6 is 0 Å². The monoisotopic (exact) mass is 645 g/mol. The summed E-state index contributed by atoms with van der Waals surface area (Å²) in [4.78, 5) is 9.97. The Kier molecular flexibility index (Phi) is 11.0. The van der Waals surface area contributed by atoms with E-state index >= 15 is 0 Å². The van der Waals surface area contributed by atoms with E-state index in [1.807, 2.05) is 54.6 Å². The molecule has 0 radical (unpaired) electrons. The lowest BCUT2D eigenvalue weighted by atomic mass is 9.75. The molecule has 3 aromatic carbocycles. The van der Waals surface area contributed by atoms with Crippen molar-refractivity contribution in [1.29, 1.82) is 10.5 Å². The van der Waals surface area contributed by atoms with Gasteiger partial charge in [-0.3, -0.25) is 4.99 Å².